The van der Waals surface area contributed by atoms with Crippen molar-refractivity contribution in [1.29, 1.82) is 0 Å². The standard InChI is InChI=1S/C43H49NO18/c1-20-21(2)37(50)61-34-32(57-24(5)47)36(59-26(7)49)42(19-54-22(3)45)35(58-25(6)48)31(56-23(4)46)29-33(60-38(51)27-14-11-10-12-15-27)43(42,41(34,9)53)62-40(29,8)18-55-39(52)28-16-13-17-44-30(20)28/h10-17,20-21,29,31-36,53H,18-19H2,1-9H3/t20?,21?,29-,31-,32+,33-,34-,35-,36+,40+,41+,42+,43+/m1/s1. The molecule has 3 heterocycles. The molecule has 2 aliphatic carbocycles. The summed E-state index contributed by atoms with van der Waals surface area (Å²) in [6.45, 7) is 8.64. The Balaban J connectivity index is 1.81. The van der Waals surface area contributed by atoms with Crippen molar-refractivity contribution < 1.29 is 86.1 Å². The van der Waals surface area contributed by atoms with Crippen molar-refractivity contribution in [2.45, 2.75) is 122 Å². The number of ether oxygens (including phenoxy) is 9. The average Bonchev–Trinajstić information content (AvgIpc) is 3.42. The molecule has 1 N–H and O–H groups in total. The van der Waals surface area contributed by atoms with Gasteiger partial charge >= 0.3 is 47.8 Å². The molecule has 1 aromatic carbocycles. The van der Waals surface area contributed by atoms with E-state index < -0.39 is 138 Å². The van der Waals surface area contributed by atoms with Crippen LogP contribution in [-0.4, -0.2) is 124 Å². The minimum atomic E-state index is -2.87. The molecule has 2 unspecified atom stereocenters. The zero-order chi connectivity index (χ0) is 45.7. The molecule has 2 saturated carbocycles. The summed E-state index contributed by atoms with van der Waals surface area (Å²) < 4.78 is 55.4. The molecule has 0 amide bonds. The second-order valence-corrected chi connectivity index (χ2v) is 16.5. The van der Waals surface area contributed by atoms with Crippen molar-refractivity contribution >= 4 is 47.8 Å². The molecule has 19 nitrogen and oxygen atoms in total. The van der Waals surface area contributed by atoms with Crippen LogP contribution in [0.5, 0.6) is 0 Å². The highest BCUT2D eigenvalue weighted by Crippen LogP contribution is 2.70. The van der Waals surface area contributed by atoms with Gasteiger partial charge in [-0.2, -0.15) is 0 Å². The number of benzene rings is 1. The van der Waals surface area contributed by atoms with E-state index in [1.54, 1.807) is 13.0 Å². The van der Waals surface area contributed by atoms with Gasteiger partial charge in [0.2, 0.25) is 0 Å². The summed E-state index contributed by atoms with van der Waals surface area (Å²) in [5, 5.41) is 13.7. The Morgan fingerprint density at radius 2 is 1.32 bits per heavy atom. The lowest BCUT2D eigenvalue weighted by Crippen LogP contribution is -2.89. The Bertz CT molecular complexity index is 2160. The number of fused-ring (bicyclic) bond motifs is 5. The van der Waals surface area contributed by atoms with Gasteiger partial charge in [0.15, 0.2) is 30.0 Å². The first-order chi connectivity index (χ1) is 29.0. The highest BCUT2D eigenvalue weighted by molar-refractivity contribution is 5.91. The van der Waals surface area contributed by atoms with E-state index in [9.17, 15) is 43.5 Å². The maximum atomic E-state index is 14.5. The number of carbonyl (C=O) groups excluding carboxylic acids is 8. The van der Waals surface area contributed by atoms with Gasteiger partial charge in [0.25, 0.3) is 0 Å². The van der Waals surface area contributed by atoms with E-state index in [1.807, 2.05) is 0 Å². The van der Waals surface area contributed by atoms with Gasteiger partial charge in [-0.15, -0.1) is 0 Å². The topological polar surface area (TPSA) is 253 Å². The van der Waals surface area contributed by atoms with Crippen molar-refractivity contribution in [2.75, 3.05) is 13.2 Å². The predicted octanol–water partition coefficient (Wildman–Crippen LogP) is 2.33. The van der Waals surface area contributed by atoms with Crippen molar-refractivity contribution in [2.24, 2.45) is 17.3 Å². The maximum absolute atomic E-state index is 14.5. The summed E-state index contributed by atoms with van der Waals surface area (Å²) in [6.07, 6.45) is -10.8. The fourth-order valence-corrected chi connectivity index (χ4v) is 9.83. The number of carbonyl (C=O) groups is 8. The number of esters is 8. The third-order valence-electron chi connectivity index (χ3n) is 12.4. The summed E-state index contributed by atoms with van der Waals surface area (Å²) >= 11 is 0. The lowest BCUT2D eigenvalue weighted by molar-refractivity contribution is -0.386. The predicted molar refractivity (Wildman–Crippen MR) is 205 cm³/mol. The maximum Gasteiger partial charge on any atom is 0.340 e. The van der Waals surface area contributed by atoms with Crippen molar-refractivity contribution in [3.05, 3.63) is 65.5 Å². The van der Waals surface area contributed by atoms with Crippen LogP contribution in [0, 0.1) is 17.3 Å². The van der Waals surface area contributed by atoms with Crippen LogP contribution in [0.15, 0.2) is 48.7 Å². The number of hydrogen-bond acceptors (Lipinski definition) is 19. The van der Waals surface area contributed by atoms with Gasteiger partial charge in [-0.25, -0.2) is 9.59 Å². The van der Waals surface area contributed by atoms with Gasteiger partial charge < -0.3 is 47.7 Å². The summed E-state index contributed by atoms with van der Waals surface area (Å²) in [5.74, 6) is -11.9. The second-order valence-electron chi connectivity index (χ2n) is 16.5. The number of aliphatic hydroxyl groups is 1. The van der Waals surface area contributed by atoms with Crippen LogP contribution in [-0.2, 0) is 71.4 Å². The first kappa shape index (κ1) is 45.6. The van der Waals surface area contributed by atoms with Crippen LogP contribution in [0.25, 0.3) is 0 Å². The van der Waals surface area contributed by atoms with Crippen LogP contribution in [0.2, 0.25) is 0 Å². The van der Waals surface area contributed by atoms with Crippen LogP contribution in [0.4, 0.5) is 0 Å². The van der Waals surface area contributed by atoms with Crippen LogP contribution < -0.4 is 0 Å². The Labute approximate surface area is 355 Å². The molecule has 6 rings (SSSR count). The zero-order valence-electron chi connectivity index (χ0n) is 35.6. The Morgan fingerprint density at radius 3 is 1.90 bits per heavy atom. The molecule has 4 bridgehead atoms. The smallest absolute Gasteiger partial charge is 0.340 e. The van der Waals surface area contributed by atoms with Crippen molar-refractivity contribution in [3.8, 4) is 0 Å². The van der Waals surface area contributed by atoms with Gasteiger partial charge in [-0.05, 0) is 38.1 Å². The second kappa shape index (κ2) is 16.7. The first-order valence-corrected chi connectivity index (χ1v) is 19.9. The molecule has 4 aliphatic rings. The lowest BCUT2D eigenvalue weighted by Gasteiger charge is -2.67. The van der Waals surface area contributed by atoms with E-state index in [0.717, 1.165) is 41.5 Å². The fraction of sp³-hybridized carbons (Fsp3) is 0.558. The normalized spacial score (nSPS) is 36.0. The quantitative estimate of drug-likeness (QED) is 0.295. The summed E-state index contributed by atoms with van der Waals surface area (Å²) in [4.78, 5) is 114. The molecule has 334 valence electrons. The van der Waals surface area contributed by atoms with Gasteiger partial charge in [0.05, 0.1) is 28.7 Å². The molecule has 1 aromatic heterocycles. The van der Waals surface area contributed by atoms with Gasteiger partial charge in [0.1, 0.15) is 42.0 Å². The first-order valence-electron chi connectivity index (χ1n) is 19.9. The van der Waals surface area contributed by atoms with Crippen LogP contribution in [0.3, 0.4) is 0 Å². The third kappa shape index (κ3) is 7.43. The van der Waals surface area contributed by atoms with Crippen LogP contribution in [0.1, 0.15) is 94.6 Å². The Morgan fingerprint density at radius 1 is 0.742 bits per heavy atom. The third-order valence-corrected chi connectivity index (χ3v) is 12.4. The monoisotopic (exact) mass is 867 g/mol. The van der Waals surface area contributed by atoms with E-state index >= 15 is 0 Å². The minimum Gasteiger partial charge on any atom is -0.465 e. The largest absolute Gasteiger partial charge is 0.465 e. The molecular formula is C43H49NO18. The number of rotatable bonds is 8. The van der Waals surface area contributed by atoms with E-state index in [0.29, 0.717) is 0 Å². The Kier molecular flexibility index (Phi) is 12.3. The molecular weight excluding hydrogens is 818 g/mol. The molecule has 19 heteroatoms. The summed E-state index contributed by atoms with van der Waals surface area (Å²) in [6, 6.07) is 10.4. The van der Waals surface area contributed by atoms with Gasteiger partial charge in [0, 0.05) is 46.7 Å². The van der Waals surface area contributed by atoms with Gasteiger partial charge in [-0.3, -0.25) is 33.8 Å². The number of nitrogens with zero attached hydrogens (tertiary/aromatic N) is 1. The van der Waals surface area contributed by atoms with Crippen molar-refractivity contribution in [3.63, 3.8) is 0 Å². The number of hydrogen-bond donors (Lipinski definition) is 1. The summed E-state index contributed by atoms with van der Waals surface area (Å²) in [5.41, 5.74) is -10.4. The Hall–Kier alpha value is -5.95. The molecule has 1 saturated heterocycles. The molecule has 2 aliphatic heterocycles. The lowest BCUT2D eigenvalue weighted by atomic mass is 9.45. The highest BCUT2D eigenvalue weighted by atomic mass is 16.7. The van der Waals surface area contributed by atoms with Crippen LogP contribution >= 0.6 is 0 Å². The fourth-order valence-electron chi connectivity index (χ4n) is 9.83. The van der Waals surface area contributed by atoms with E-state index in [4.69, 9.17) is 42.6 Å². The molecule has 3 fully saturated rings. The van der Waals surface area contributed by atoms with Crippen molar-refractivity contribution in [1.82, 2.24) is 4.98 Å². The van der Waals surface area contributed by atoms with E-state index in [2.05, 4.69) is 4.98 Å². The number of aromatic nitrogens is 1. The molecule has 1 spiro atoms. The summed E-state index contributed by atoms with van der Waals surface area (Å²) in [7, 11) is 0. The minimum absolute atomic E-state index is 0.0290. The molecule has 13 atom stereocenters. The number of pyridine rings is 1. The van der Waals surface area contributed by atoms with Gasteiger partial charge in [-0.1, -0.05) is 32.0 Å². The van der Waals surface area contributed by atoms with E-state index in [1.165, 1.54) is 56.4 Å². The SMILES string of the molecule is CC(=O)OC[C@@]12[C@H](OC(C)=O)[C@H](OC(C)=O)[C@@H]3[C@@H](OC(=O)c4ccccc4)[C@@]14O[C@@]3(C)COC(=O)c1cccnc1C(C)C(C)C(=O)O[C@H]([C@H](OC(C)=O)[C@@H]2OC(C)=O)[C@]4(C)O. The van der Waals surface area contributed by atoms with E-state index in [-0.39, 0.29) is 16.8 Å². The number of cyclic esters (lactones) is 1. The average molecular weight is 868 g/mol. The molecule has 62 heavy (non-hydrogen) atoms. The zero-order valence-corrected chi connectivity index (χ0v) is 35.6. The molecule has 2 aromatic rings. The highest BCUT2D eigenvalue weighted by Gasteiger charge is 2.92. The molecule has 0 radical (unpaired) electrons.